The molecule has 7 rings (SSSR count). The SMILES string of the molecule is Cc1ccc(S(=O)(=O)N[C@@H]2c3cccc4cccc(c34)[C@H]2Sc2nnc(-c3ccccc3)c(-c3ccccc3)n2)cc1. The van der Waals surface area contributed by atoms with Crippen molar-refractivity contribution in [2.75, 3.05) is 0 Å². The van der Waals surface area contributed by atoms with Gasteiger partial charge >= 0.3 is 0 Å². The molecule has 42 heavy (non-hydrogen) atoms. The Kier molecular flexibility index (Phi) is 6.82. The predicted molar refractivity (Wildman–Crippen MR) is 167 cm³/mol. The number of rotatable bonds is 7. The highest BCUT2D eigenvalue weighted by molar-refractivity contribution is 7.99. The smallest absolute Gasteiger partial charge is 0.219 e. The fourth-order valence-corrected chi connectivity index (χ4v) is 7.96. The van der Waals surface area contributed by atoms with Crippen molar-refractivity contribution in [2.24, 2.45) is 0 Å². The summed E-state index contributed by atoms with van der Waals surface area (Å²) in [5.74, 6) is 0. The van der Waals surface area contributed by atoms with Crippen LogP contribution in [-0.4, -0.2) is 23.6 Å². The second kappa shape index (κ2) is 10.8. The summed E-state index contributed by atoms with van der Waals surface area (Å²) in [7, 11) is -3.81. The van der Waals surface area contributed by atoms with Crippen LogP contribution in [0.5, 0.6) is 0 Å². The molecule has 6 nitrogen and oxygen atoms in total. The maximum absolute atomic E-state index is 13.6. The first-order chi connectivity index (χ1) is 20.5. The molecule has 5 aromatic carbocycles. The van der Waals surface area contributed by atoms with Crippen molar-refractivity contribution < 1.29 is 8.42 Å². The van der Waals surface area contributed by atoms with Gasteiger partial charge in [-0.25, -0.2) is 18.1 Å². The van der Waals surface area contributed by atoms with Crippen LogP contribution in [0.2, 0.25) is 0 Å². The molecule has 0 spiro atoms. The minimum absolute atomic E-state index is 0.233. The Hall–Kier alpha value is -4.37. The van der Waals surface area contributed by atoms with Gasteiger partial charge < -0.3 is 0 Å². The van der Waals surface area contributed by atoms with E-state index >= 15 is 0 Å². The van der Waals surface area contributed by atoms with Crippen molar-refractivity contribution in [3.8, 4) is 22.5 Å². The number of benzene rings is 5. The van der Waals surface area contributed by atoms with Crippen molar-refractivity contribution in [3.05, 3.63) is 138 Å². The van der Waals surface area contributed by atoms with E-state index in [9.17, 15) is 8.42 Å². The quantitative estimate of drug-likeness (QED) is 0.208. The molecule has 1 heterocycles. The van der Waals surface area contributed by atoms with Crippen LogP contribution in [0.4, 0.5) is 0 Å². The van der Waals surface area contributed by atoms with Gasteiger partial charge in [-0.3, -0.25) is 0 Å². The summed E-state index contributed by atoms with van der Waals surface area (Å²) < 4.78 is 30.3. The molecule has 0 unspecified atom stereocenters. The molecule has 0 saturated carbocycles. The van der Waals surface area contributed by atoms with Crippen molar-refractivity contribution in [3.63, 3.8) is 0 Å². The van der Waals surface area contributed by atoms with Crippen molar-refractivity contribution in [2.45, 2.75) is 28.3 Å². The van der Waals surface area contributed by atoms with Crippen LogP contribution in [0, 0.1) is 6.92 Å². The Labute approximate surface area is 248 Å². The third-order valence-corrected chi connectivity index (χ3v) is 10.1. The molecule has 1 N–H and O–H groups in total. The van der Waals surface area contributed by atoms with Gasteiger partial charge in [-0.15, -0.1) is 10.2 Å². The van der Waals surface area contributed by atoms with Crippen LogP contribution in [-0.2, 0) is 10.0 Å². The minimum atomic E-state index is -3.81. The maximum Gasteiger partial charge on any atom is 0.241 e. The lowest BCUT2D eigenvalue weighted by atomic mass is 10.0. The molecular weight excluding hydrogens is 561 g/mol. The molecule has 2 atom stereocenters. The number of hydrogen-bond donors (Lipinski definition) is 1. The number of nitrogens with zero attached hydrogens (tertiary/aromatic N) is 3. The summed E-state index contributed by atoms with van der Waals surface area (Å²) >= 11 is 1.43. The number of sulfonamides is 1. The van der Waals surface area contributed by atoms with Gasteiger partial charge in [0.2, 0.25) is 15.2 Å². The van der Waals surface area contributed by atoms with Crippen molar-refractivity contribution in [1.29, 1.82) is 0 Å². The van der Waals surface area contributed by atoms with Gasteiger partial charge in [0.15, 0.2) is 0 Å². The van der Waals surface area contributed by atoms with Crippen LogP contribution in [0.1, 0.15) is 28.0 Å². The van der Waals surface area contributed by atoms with Crippen molar-refractivity contribution >= 4 is 32.6 Å². The lowest BCUT2D eigenvalue weighted by Crippen LogP contribution is -2.30. The Morgan fingerprint density at radius 2 is 1.29 bits per heavy atom. The van der Waals surface area contributed by atoms with E-state index in [4.69, 9.17) is 4.98 Å². The average molecular weight is 587 g/mol. The molecule has 0 amide bonds. The molecule has 1 aliphatic carbocycles. The molecular formula is C34H26N4O2S2. The first-order valence-corrected chi connectivity index (χ1v) is 16.0. The fraction of sp³-hybridized carbons (Fsp3) is 0.0882. The zero-order valence-electron chi connectivity index (χ0n) is 22.7. The summed E-state index contributed by atoms with van der Waals surface area (Å²) in [5, 5.41) is 11.5. The normalized spacial score (nSPS) is 16.1. The molecule has 0 aliphatic heterocycles. The Bertz CT molecular complexity index is 2010. The summed E-state index contributed by atoms with van der Waals surface area (Å²) in [5.41, 5.74) is 6.26. The highest BCUT2D eigenvalue weighted by Crippen LogP contribution is 2.53. The van der Waals surface area contributed by atoms with Gasteiger partial charge in [0.1, 0.15) is 11.4 Å². The van der Waals surface area contributed by atoms with Crippen LogP contribution in [0.25, 0.3) is 33.3 Å². The minimum Gasteiger partial charge on any atom is -0.219 e. The molecule has 1 aliphatic rings. The Morgan fingerprint density at radius 3 is 1.95 bits per heavy atom. The number of aryl methyl sites for hydroxylation is 1. The van der Waals surface area contributed by atoms with Gasteiger partial charge in [0, 0.05) is 11.1 Å². The van der Waals surface area contributed by atoms with Crippen LogP contribution in [0.15, 0.2) is 131 Å². The van der Waals surface area contributed by atoms with Gasteiger partial charge in [-0.1, -0.05) is 127 Å². The average Bonchev–Trinajstić information content (AvgIpc) is 3.31. The molecule has 8 heteroatoms. The highest BCUT2D eigenvalue weighted by atomic mass is 32.2. The first kappa shape index (κ1) is 26.5. The second-order valence-corrected chi connectivity index (χ2v) is 13.1. The van der Waals surface area contributed by atoms with E-state index in [-0.39, 0.29) is 10.1 Å². The summed E-state index contributed by atoms with van der Waals surface area (Å²) in [6.45, 7) is 1.94. The molecule has 0 saturated heterocycles. The van der Waals surface area contributed by atoms with E-state index in [0.29, 0.717) is 10.9 Å². The van der Waals surface area contributed by atoms with Crippen molar-refractivity contribution in [1.82, 2.24) is 19.9 Å². The van der Waals surface area contributed by atoms with E-state index in [2.05, 4.69) is 33.1 Å². The zero-order chi connectivity index (χ0) is 28.7. The number of hydrogen-bond acceptors (Lipinski definition) is 6. The Morgan fingerprint density at radius 1 is 0.667 bits per heavy atom. The third kappa shape index (κ3) is 4.87. The lowest BCUT2D eigenvalue weighted by Gasteiger charge is -2.22. The van der Waals surface area contributed by atoms with E-state index in [1.807, 2.05) is 97.9 Å². The zero-order valence-corrected chi connectivity index (χ0v) is 24.3. The lowest BCUT2D eigenvalue weighted by molar-refractivity contribution is 0.557. The van der Waals surface area contributed by atoms with Gasteiger partial charge in [-0.2, -0.15) is 0 Å². The molecule has 0 fully saturated rings. The number of thioether (sulfide) groups is 1. The second-order valence-electron chi connectivity index (χ2n) is 10.3. The fourth-order valence-electron chi connectivity index (χ4n) is 5.51. The van der Waals surface area contributed by atoms with Gasteiger partial charge in [0.25, 0.3) is 0 Å². The molecule has 6 aromatic rings. The first-order valence-electron chi connectivity index (χ1n) is 13.6. The standard InChI is InChI=1S/C34H26N4O2S2/c1-22-18-20-26(21-19-22)42(39,40)38-32-27-16-8-14-23-15-9-17-28(29(23)27)33(32)41-34-35-30(24-10-4-2-5-11-24)31(36-37-34)25-12-6-3-7-13-25/h2-21,32-33,38H,1H3/t32-,33-/m1/s1. The monoisotopic (exact) mass is 586 g/mol. The molecule has 0 bridgehead atoms. The van der Waals surface area contributed by atoms with E-state index < -0.39 is 16.1 Å². The number of nitrogens with one attached hydrogen (secondary N) is 1. The van der Waals surface area contributed by atoms with E-state index in [1.54, 1.807) is 12.1 Å². The summed E-state index contributed by atoms with van der Waals surface area (Å²) in [4.78, 5) is 5.25. The van der Waals surface area contributed by atoms with Gasteiger partial charge in [-0.05, 0) is 41.0 Å². The maximum atomic E-state index is 13.6. The molecule has 0 radical (unpaired) electrons. The predicted octanol–water partition coefficient (Wildman–Crippen LogP) is 7.53. The summed E-state index contributed by atoms with van der Waals surface area (Å²) in [6.07, 6.45) is 0. The topological polar surface area (TPSA) is 84.8 Å². The largest absolute Gasteiger partial charge is 0.241 e. The van der Waals surface area contributed by atoms with Crippen LogP contribution >= 0.6 is 11.8 Å². The van der Waals surface area contributed by atoms with Crippen LogP contribution < -0.4 is 4.72 Å². The highest BCUT2D eigenvalue weighted by Gasteiger charge is 2.38. The summed E-state index contributed by atoms with van der Waals surface area (Å²) in [6, 6.07) is 38.4. The van der Waals surface area contributed by atoms with E-state index in [1.165, 1.54) is 11.8 Å². The van der Waals surface area contributed by atoms with Gasteiger partial charge in [0.05, 0.1) is 16.2 Å². The van der Waals surface area contributed by atoms with Crippen LogP contribution in [0.3, 0.4) is 0 Å². The number of aromatic nitrogens is 3. The van der Waals surface area contributed by atoms with E-state index in [0.717, 1.165) is 44.3 Å². The molecule has 1 aromatic heterocycles. The Balaban J connectivity index is 1.32. The molecule has 206 valence electrons. The third-order valence-electron chi connectivity index (χ3n) is 7.52.